The number of benzene rings is 2. The summed E-state index contributed by atoms with van der Waals surface area (Å²) in [6.45, 7) is 3.28. The van der Waals surface area contributed by atoms with Crippen LogP contribution in [0.3, 0.4) is 0 Å². The molecule has 0 saturated heterocycles. The van der Waals surface area contributed by atoms with Crippen LogP contribution in [0, 0.1) is 6.92 Å². The number of esters is 1. The lowest BCUT2D eigenvalue weighted by molar-refractivity contribution is -0.123. The third-order valence-corrected chi connectivity index (χ3v) is 4.52. The molecule has 0 fully saturated rings. The highest BCUT2D eigenvalue weighted by molar-refractivity contribution is 6.31. The number of carbonyl (C=O) groups excluding carboxylic acids is 2. The van der Waals surface area contributed by atoms with Gasteiger partial charge in [0.25, 0.3) is 5.91 Å². The van der Waals surface area contributed by atoms with Crippen molar-refractivity contribution in [1.29, 1.82) is 0 Å². The predicted molar refractivity (Wildman–Crippen MR) is 105 cm³/mol. The van der Waals surface area contributed by atoms with Crippen molar-refractivity contribution in [3.05, 3.63) is 58.9 Å². The van der Waals surface area contributed by atoms with Crippen LogP contribution in [0.4, 0.5) is 5.69 Å². The van der Waals surface area contributed by atoms with Crippen molar-refractivity contribution >= 4 is 29.2 Å². The zero-order valence-corrected chi connectivity index (χ0v) is 16.7. The van der Waals surface area contributed by atoms with E-state index in [1.165, 1.54) is 25.0 Å². The van der Waals surface area contributed by atoms with E-state index in [1.807, 2.05) is 0 Å². The van der Waals surface area contributed by atoms with Crippen molar-refractivity contribution < 1.29 is 19.1 Å². The minimum Gasteiger partial charge on any atom is -0.495 e. The highest BCUT2D eigenvalue weighted by atomic mass is 35.5. The first kappa shape index (κ1) is 20.3. The van der Waals surface area contributed by atoms with Gasteiger partial charge in [-0.05, 0) is 48.0 Å². The van der Waals surface area contributed by atoms with E-state index in [2.05, 4.69) is 20.8 Å². The molecule has 1 atom stereocenters. The number of anilines is 1. The SMILES string of the molecule is COc1cc(Cl)c(C)cc1NC(=O)C(C)OC(=O)c1ccccc1-n1cnnn1. The number of hydrogen-bond donors (Lipinski definition) is 1. The lowest BCUT2D eigenvalue weighted by atomic mass is 10.2. The number of tetrazole rings is 1. The van der Waals surface area contributed by atoms with Crippen molar-refractivity contribution in [1.82, 2.24) is 20.2 Å². The third-order valence-electron chi connectivity index (χ3n) is 4.11. The largest absolute Gasteiger partial charge is 0.495 e. The Morgan fingerprint density at radius 2 is 2.00 bits per heavy atom. The summed E-state index contributed by atoms with van der Waals surface area (Å²) in [6, 6.07) is 9.93. The summed E-state index contributed by atoms with van der Waals surface area (Å²) in [5.41, 5.74) is 1.85. The normalized spacial score (nSPS) is 11.6. The van der Waals surface area contributed by atoms with Gasteiger partial charge in [0.1, 0.15) is 12.1 Å². The fourth-order valence-electron chi connectivity index (χ4n) is 2.56. The number of ether oxygens (including phenoxy) is 2. The Bertz CT molecular complexity index is 1040. The van der Waals surface area contributed by atoms with Crippen molar-refractivity contribution in [3.8, 4) is 11.4 Å². The average Bonchev–Trinajstić information content (AvgIpc) is 3.25. The number of nitrogens with zero attached hydrogens (tertiary/aromatic N) is 4. The number of rotatable bonds is 6. The molecule has 0 bridgehead atoms. The van der Waals surface area contributed by atoms with Gasteiger partial charge in [0.2, 0.25) is 0 Å². The number of halogens is 1. The van der Waals surface area contributed by atoms with Gasteiger partial charge in [-0.25, -0.2) is 4.79 Å². The van der Waals surface area contributed by atoms with Crippen LogP contribution < -0.4 is 10.1 Å². The Balaban J connectivity index is 1.74. The van der Waals surface area contributed by atoms with Gasteiger partial charge in [-0.1, -0.05) is 23.7 Å². The molecule has 0 aliphatic rings. The van der Waals surface area contributed by atoms with Crippen LogP contribution >= 0.6 is 11.6 Å². The molecule has 0 aliphatic carbocycles. The molecule has 1 N–H and O–H groups in total. The van der Waals surface area contributed by atoms with E-state index in [1.54, 1.807) is 43.3 Å². The highest BCUT2D eigenvalue weighted by Gasteiger charge is 2.23. The molecule has 0 aliphatic heterocycles. The van der Waals surface area contributed by atoms with Crippen molar-refractivity contribution in [2.75, 3.05) is 12.4 Å². The molecule has 0 spiro atoms. The van der Waals surface area contributed by atoms with Crippen LogP contribution in [0.1, 0.15) is 22.8 Å². The molecular formula is C19H18ClN5O4. The molecule has 1 aromatic heterocycles. The number of aromatic nitrogens is 4. The van der Waals surface area contributed by atoms with E-state index in [-0.39, 0.29) is 5.56 Å². The van der Waals surface area contributed by atoms with Crippen molar-refractivity contribution in [2.45, 2.75) is 20.0 Å². The third kappa shape index (κ3) is 4.52. The first-order valence-electron chi connectivity index (χ1n) is 8.59. The molecule has 1 unspecified atom stereocenters. The van der Waals surface area contributed by atoms with Crippen LogP contribution in [-0.2, 0) is 9.53 Å². The Hall–Kier alpha value is -3.46. The summed E-state index contributed by atoms with van der Waals surface area (Å²) in [7, 11) is 1.47. The van der Waals surface area contributed by atoms with Crippen LogP contribution in [0.15, 0.2) is 42.7 Å². The fourth-order valence-corrected chi connectivity index (χ4v) is 2.71. The zero-order valence-electron chi connectivity index (χ0n) is 15.9. The lowest BCUT2D eigenvalue weighted by Crippen LogP contribution is -2.30. The van der Waals surface area contributed by atoms with Gasteiger partial charge in [0.15, 0.2) is 6.10 Å². The molecule has 9 nitrogen and oxygen atoms in total. The van der Waals surface area contributed by atoms with Gasteiger partial charge >= 0.3 is 5.97 Å². The topological polar surface area (TPSA) is 108 Å². The summed E-state index contributed by atoms with van der Waals surface area (Å²) >= 11 is 6.08. The van der Waals surface area contributed by atoms with Gasteiger partial charge in [-0.2, -0.15) is 4.68 Å². The molecule has 1 amide bonds. The predicted octanol–water partition coefficient (Wildman–Crippen LogP) is 2.82. The first-order valence-corrected chi connectivity index (χ1v) is 8.97. The minimum absolute atomic E-state index is 0.222. The molecule has 1 heterocycles. The summed E-state index contributed by atoms with van der Waals surface area (Å²) in [6.07, 6.45) is 0.294. The highest BCUT2D eigenvalue weighted by Crippen LogP contribution is 2.31. The van der Waals surface area contributed by atoms with E-state index < -0.39 is 18.0 Å². The fraction of sp³-hybridized carbons (Fsp3) is 0.211. The number of amides is 1. The molecule has 3 rings (SSSR count). The van der Waals surface area contributed by atoms with Crippen LogP contribution in [-0.4, -0.2) is 45.3 Å². The Morgan fingerprint density at radius 3 is 2.69 bits per heavy atom. The summed E-state index contributed by atoms with van der Waals surface area (Å²) < 4.78 is 11.9. The number of para-hydroxylation sites is 1. The van der Waals surface area contributed by atoms with Gasteiger partial charge < -0.3 is 14.8 Å². The maximum atomic E-state index is 12.6. The van der Waals surface area contributed by atoms with Crippen LogP contribution in [0.2, 0.25) is 5.02 Å². The molecule has 3 aromatic rings. The quantitative estimate of drug-likeness (QED) is 0.616. The molecular weight excluding hydrogens is 398 g/mol. The number of aryl methyl sites for hydroxylation is 1. The zero-order chi connectivity index (χ0) is 21.0. The van der Waals surface area contributed by atoms with Gasteiger partial charge in [0.05, 0.1) is 24.0 Å². The number of methoxy groups -OCH3 is 1. The molecule has 0 radical (unpaired) electrons. The Morgan fingerprint density at radius 1 is 1.24 bits per heavy atom. The maximum Gasteiger partial charge on any atom is 0.341 e. The van der Waals surface area contributed by atoms with E-state index in [4.69, 9.17) is 21.1 Å². The molecule has 0 saturated carbocycles. The lowest BCUT2D eigenvalue weighted by Gasteiger charge is -2.17. The second-order valence-corrected chi connectivity index (χ2v) is 6.52. The summed E-state index contributed by atoms with van der Waals surface area (Å²) in [4.78, 5) is 25.2. The second kappa shape index (κ2) is 8.70. The van der Waals surface area contributed by atoms with E-state index in [9.17, 15) is 9.59 Å². The average molecular weight is 416 g/mol. The molecule has 29 heavy (non-hydrogen) atoms. The molecule has 150 valence electrons. The van der Waals surface area contributed by atoms with Crippen LogP contribution in [0.5, 0.6) is 5.75 Å². The minimum atomic E-state index is -1.06. The van der Waals surface area contributed by atoms with Crippen LogP contribution in [0.25, 0.3) is 5.69 Å². The smallest absolute Gasteiger partial charge is 0.341 e. The maximum absolute atomic E-state index is 12.6. The first-order chi connectivity index (χ1) is 13.9. The van der Waals surface area contributed by atoms with Crippen molar-refractivity contribution in [3.63, 3.8) is 0 Å². The second-order valence-electron chi connectivity index (χ2n) is 6.11. The number of hydrogen-bond acceptors (Lipinski definition) is 7. The number of nitrogens with one attached hydrogen (secondary N) is 1. The monoisotopic (exact) mass is 415 g/mol. The van der Waals surface area contributed by atoms with Crippen molar-refractivity contribution in [2.24, 2.45) is 0 Å². The molecule has 10 heteroatoms. The Labute approximate surface area is 171 Å². The van der Waals surface area contributed by atoms with Gasteiger partial charge in [-0.3, -0.25) is 4.79 Å². The Kier molecular flexibility index (Phi) is 6.08. The standard InChI is InChI=1S/C19H18ClN5O4/c1-11-8-15(17(28-3)9-14(11)20)22-18(26)12(2)29-19(27)13-6-4-5-7-16(13)25-10-21-23-24-25/h4-10,12H,1-3H3,(H,22,26). The number of carbonyl (C=O) groups is 2. The van der Waals surface area contributed by atoms with Gasteiger partial charge in [0, 0.05) is 11.1 Å². The van der Waals surface area contributed by atoms with Gasteiger partial charge in [-0.15, -0.1) is 5.10 Å². The van der Waals surface area contributed by atoms with E-state index >= 15 is 0 Å². The van der Waals surface area contributed by atoms with E-state index in [0.717, 1.165) is 5.56 Å². The molecule has 2 aromatic carbocycles. The van der Waals surface area contributed by atoms with E-state index in [0.29, 0.717) is 22.1 Å². The summed E-state index contributed by atoms with van der Waals surface area (Å²) in [5, 5.41) is 14.1. The summed E-state index contributed by atoms with van der Waals surface area (Å²) in [5.74, 6) is -0.798.